The maximum Gasteiger partial charge on any atom is 0.212 e. The van der Waals surface area contributed by atoms with Crippen molar-refractivity contribution in [3.05, 3.63) is 90.1 Å². The monoisotopic (exact) mass is 569 g/mol. The summed E-state index contributed by atoms with van der Waals surface area (Å²) in [4.78, 5) is 18.9. The first-order valence-electron chi connectivity index (χ1n) is 14.6. The molecule has 1 saturated carbocycles. The van der Waals surface area contributed by atoms with E-state index in [1.165, 1.54) is 12.0 Å². The molecule has 2 atom stereocenters. The second-order valence-corrected chi connectivity index (χ2v) is 11.9. The largest absolute Gasteiger partial charge is 0.481 e. The highest BCUT2D eigenvalue weighted by Crippen LogP contribution is 2.43. The van der Waals surface area contributed by atoms with Crippen molar-refractivity contribution in [2.45, 2.75) is 43.4 Å². The zero-order chi connectivity index (χ0) is 29.1. The molecule has 4 aliphatic rings. The molecule has 5 aromatic rings. The van der Waals surface area contributed by atoms with Crippen molar-refractivity contribution in [3.63, 3.8) is 0 Å². The van der Waals surface area contributed by atoms with Gasteiger partial charge in [0.15, 0.2) is 0 Å². The first kappa shape index (κ1) is 25.8. The average molecular weight is 570 g/mol. The van der Waals surface area contributed by atoms with Crippen LogP contribution in [0.4, 0.5) is 5.82 Å². The highest BCUT2D eigenvalue weighted by atomic mass is 16.5. The lowest BCUT2D eigenvalue weighted by Crippen LogP contribution is -2.68. The molecule has 10 heteroatoms. The van der Waals surface area contributed by atoms with Gasteiger partial charge in [-0.05, 0) is 54.7 Å². The third kappa shape index (κ3) is 4.49. The van der Waals surface area contributed by atoms with Crippen LogP contribution in [-0.2, 0) is 12.1 Å². The van der Waals surface area contributed by atoms with Gasteiger partial charge in [-0.3, -0.25) is 9.88 Å². The number of ether oxygens (including phenoxy) is 1. The van der Waals surface area contributed by atoms with Gasteiger partial charge in [0.25, 0.3) is 0 Å². The summed E-state index contributed by atoms with van der Waals surface area (Å²) in [5.74, 6) is 1.61. The number of hydrogen-bond donors (Lipinski definition) is 1. The van der Waals surface area contributed by atoms with Crippen molar-refractivity contribution in [1.82, 2.24) is 29.5 Å². The number of nitrogens with two attached hydrogens (primary N) is 1. The van der Waals surface area contributed by atoms with Gasteiger partial charge in [-0.25, -0.2) is 14.5 Å². The van der Waals surface area contributed by atoms with E-state index in [4.69, 9.17) is 20.4 Å². The number of hydrogen-bond acceptors (Lipinski definition) is 9. The van der Waals surface area contributed by atoms with Crippen molar-refractivity contribution in [2.75, 3.05) is 25.1 Å². The molecular weight excluding hydrogens is 538 g/mol. The number of rotatable bonds is 7. The number of nitriles is 1. The predicted molar refractivity (Wildman–Crippen MR) is 162 cm³/mol. The molecule has 0 spiro atoms. The molecule has 0 amide bonds. The van der Waals surface area contributed by atoms with Gasteiger partial charge in [-0.2, -0.15) is 10.4 Å². The predicted octanol–water partition coefficient (Wildman–Crippen LogP) is 4.14. The lowest BCUT2D eigenvalue weighted by Gasteiger charge is -2.56. The number of anilines is 1. The van der Waals surface area contributed by atoms with Gasteiger partial charge in [-0.15, -0.1) is 0 Å². The van der Waals surface area contributed by atoms with Crippen molar-refractivity contribution in [3.8, 4) is 34.3 Å². The molecule has 0 aromatic carbocycles. The number of fused-ring (bicyclic) bond motifs is 3. The van der Waals surface area contributed by atoms with Crippen LogP contribution in [0.2, 0.25) is 0 Å². The van der Waals surface area contributed by atoms with Crippen molar-refractivity contribution < 1.29 is 4.74 Å². The molecule has 4 fully saturated rings. The molecule has 5 aromatic heterocycles. The first-order valence-corrected chi connectivity index (χ1v) is 14.6. The number of piperidine rings is 1. The van der Waals surface area contributed by atoms with E-state index < -0.39 is 0 Å². The van der Waals surface area contributed by atoms with Crippen LogP contribution >= 0.6 is 0 Å². The van der Waals surface area contributed by atoms with E-state index in [9.17, 15) is 5.26 Å². The second-order valence-electron chi connectivity index (χ2n) is 11.9. The van der Waals surface area contributed by atoms with Crippen LogP contribution in [0.1, 0.15) is 36.0 Å². The minimum absolute atomic E-state index is 0.223. The molecule has 2 bridgehead atoms. The van der Waals surface area contributed by atoms with Crippen molar-refractivity contribution >= 4 is 11.3 Å². The maximum atomic E-state index is 9.81. The summed E-state index contributed by atoms with van der Waals surface area (Å²) in [6, 6.07) is 17.6. The van der Waals surface area contributed by atoms with Crippen LogP contribution in [0.5, 0.6) is 5.88 Å². The highest BCUT2D eigenvalue weighted by Gasteiger charge is 2.44. The number of nitrogens with zero attached hydrogens (tertiary/aromatic N) is 8. The van der Waals surface area contributed by atoms with Crippen LogP contribution < -0.4 is 15.4 Å². The molecule has 2 unspecified atom stereocenters. The van der Waals surface area contributed by atoms with Gasteiger partial charge in [0, 0.05) is 84.8 Å². The zero-order valence-corrected chi connectivity index (χ0v) is 23.9. The molecule has 0 radical (unpaired) electrons. The number of pyridine rings is 4. The van der Waals surface area contributed by atoms with Gasteiger partial charge in [0.2, 0.25) is 5.88 Å². The molecule has 3 saturated heterocycles. The zero-order valence-electron chi connectivity index (χ0n) is 23.9. The highest BCUT2D eigenvalue weighted by molar-refractivity contribution is 5.87. The van der Waals surface area contributed by atoms with Gasteiger partial charge < -0.3 is 15.4 Å². The Morgan fingerprint density at radius 1 is 0.977 bits per heavy atom. The van der Waals surface area contributed by atoms with Crippen molar-refractivity contribution in [1.29, 1.82) is 5.26 Å². The van der Waals surface area contributed by atoms with Gasteiger partial charge >= 0.3 is 0 Å². The molecule has 1 aliphatic carbocycles. The van der Waals surface area contributed by atoms with E-state index in [0.29, 0.717) is 23.5 Å². The Bertz CT molecular complexity index is 1840. The smallest absolute Gasteiger partial charge is 0.212 e. The minimum Gasteiger partial charge on any atom is -0.481 e. The standard InChI is InChI=1S/C33H31N9O/c1-43-31-7-2-21(13-38-31)17-41-26-11-27(41)20-40(19-26)30-6-3-22(14-37-30)28-10-23(18-42-32(28)24(12-34)15-39-42)29-5-4-25(16-36-29)33(35)8-9-33/h2-7,10,13-16,18,26-27H,8-9,11,17,19-20,35H2,1H3. The number of aromatic nitrogens is 5. The Balaban J connectivity index is 1.04. The van der Waals surface area contributed by atoms with Gasteiger partial charge in [0.1, 0.15) is 11.9 Å². The molecule has 8 heterocycles. The van der Waals surface area contributed by atoms with E-state index in [1.807, 2.05) is 36.9 Å². The first-order chi connectivity index (χ1) is 21.0. The molecule has 214 valence electrons. The number of methoxy groups -OCH3 is 1. The third-order valence-corrected chi connectivity index (χ3v) is 9.25. The van der Waals surface area contributed by atoms with E-state index in [0.717, 1.165) is 71.8 Å². The lowest BCUT2D eigenvalue weighted by molar-refractivity contribution is -0.00876. The van der Waals surface area contributed by atoms with Crippen LogP contribution in [0.25, 0.3) is 27.9 Å². The Labute approximate surface area is 249 Å². The molecule has 3 aliphatic heterocycles. The second kappa shape index (κ2) is 9.87. The Kier molecular flexibility index (Phi) is 5.93. The summed E-state index contributed by atoms with van der Waals surface area (Å²) in [7, 11) is 1.64. The van der Waals surface area contributed by atoms with Gasteiger partial charge in [0.05, 0.1) is 30.1 Å². The Morgan fingerprint density at radius 2 is 1.84 bits per heavy atom. The summed E-state index contributed by atoms with van der Waals surface area (Å²) < 4.78 is 6.96. The average Bonchev–Trinajstić information content (AvgIpc) is 3.68. The minimum atomic E-state index is -0.223. The normalized spacial score (nSPS) is 20.4. The fourth-order valence-corrected chi connectivity index (χ4v) is 6.55. The van der Waals surface area contributed by atoms with E-state index in [1.54, 1.807) is 17.8 Å². The topological polar surface area (TPSA) is 121 Å². The molecule has 2 N–H and O–H groups in total. The summed E-state index contributed by atoms with van der Waals surface area (Å²) in [6.45, 7) is 2.79. The van der Waals surface area contributed by atoms with E-state index in [-0.39, 0.29) is 5.54 Å². The fourth-order valence-electron chi connectivity index (χ4n) is 6.55. The van der Waals surface area contributed by atoms with Gasteiger partial charge in [-0.1, -0.05) is 12.1 Å². The third-order valence-electron chi connectivity index (χ3n) is 9.25. The van der Waals surface area contributed by atoms with E-state index >= 15 is 0 Å². The summed E-state index contributed by atoms with van der Waals surface area (Å²) in [5.41, 5.74) is 13.3. The molecule has 43 heavy (non-hydrogen) atoms. The lowest BCUT2D eigenvalue weighted by atomic mass is 9.87. The SMILES string of the molecule is COc1ccc(CN2C3CC2CN(c2ccc(-c4cc(-c5ccc(C6(N)CC6)cn5)cn5ncc(C#N)c45)cn2)C3)cn1. The van der Waals surface area contributed by atoms with E-state index in [2.05, 4.69) is 56.3 Å². The molecular formula is C33H31N9O. The molecule has 10 nitrogen and oxygen atoms in total. The Hall–Kier alpha value is -4.85. The fraction of sp³-hybridized carbons (Fsp3) is 0.303. The van der Waals surface area contributed by atoms with Crippen LogP contribution in [0.15, 0.2) is 73.4 Å². The quantitative estimate of drug-likeness (QED) is 0.308. The van der Waals surface area contributed by atoms with Crippen molar-refractivity contribution in [2.24, 2.45) is 5.73 Å². The molecule has 9 rings (SSSR count). The van der Waals surface area contributed by atoms with Crippen LogP contribution in [-0.4, -0.2) is 61.7 Å². The summed E-state index contributed by atoms with van der Waals surface area (Å²) in [5, 5.41) is 14.3. The Morgan fingerprint density at radius 3 is 2.49 bits per heavy atom. The van der Waals surface area contributed by atoms with Crippen LogP contribution in [0, 0.1) is 11.3 Å². The maximum absolute atomic E-state index is 9.81. The summed E-state index contributed by atoms with van der Waals surface area (Å²) in [6.07, 6.45) is 12.4. The summed E-state index contributed by atoms with van der Waals surface area (Å²) >= 11 is 0. The van der Waals surface area contributed by atoms with Crippen LogP contribution in [0.3, 0.4) is 0 Å². The number of piperazine rings is 1.